The number of nitrogens with one attached hydrogen (secondary N) is 1. The van der Waals surface area contributed by atoms with E-state index in [0.29, 0.717) is 19.4 Å². The minimum atomic E-state index is -0.846. The fourth-order valence-corrected chi connectivity index (χ4v) is 8.90. The minimum Gasteiger partial charge on any atom is -0.466 e. The highest BCUT2D eigenvalue weighted by atomic mass is 16.5. The minimum absolute atomic E-state index is 0.0111. The summed E-state index contributed by atoms with van der Waals surface area (Å²) in [5.41, 5.74) is 0. The van der Waals surface area contributed by atoms with Crippen LogP contribution in [0.1, 0.15) is 309 Å². The number of rotatable bonds is 54. The molecule has 0 bridgehead atoms. The first-order valence-corrected chi connectivity index (χ1v) is 29.3. The van der Waals surface area contributed by atoms with Gasteiger partial charge in [0, 0.05) is 12.8 Å². The van der Waals surface area contributed by atoms with Crippen LogP contribution in [0.4, 0.5) is 0 Å². The van der Waals surface area contributed by atoms with Crippen molar-refractivity contribution in [3.63, 3.8) is 0 Å². The van der Waals surface area contributed by atoms with Gasteiger partial charge < -0.3 is 20.3 Å². The molecule has 0 rings (SSSR count). The van der Waals surface area contributed by atoms with Gasteiger partial charge in [0.1, 0.15) is 0 Å². The standard InChI is InChI=1S/C60H113NO5/c1-3-5-7-9-11-13-14-15-27-31-34-38-42-46-50-54-60(65)66-55-51-47-43-39-35-32-29-26-24-22-20-18-16-17-19-21-23-25-28-30-33-37-41-45-49-53-59(64)61-57(56-62)58(63)52-48-44-40-36-12-10-8-6-4-2/h17-20,48,52,57-58,62-63H,3-16,21-47,49-51,53-56H2,1-2H3,(H,61,64)/b19-17-,20-18-,52-48+. The molecule has 0 heterocycles. The van der Waals surface area contributed by atoms with E-state index < -0.39 is 12.1 Å². The molecule has 1 amide bonds. The van der Waals surface area contributed by atoms with E-state index in [1.54, 1.807) is 6.08 Å². The summed E-state index contributed by atoms with van der Waals surface area (Å²) >= 11 is 0. The number of ether oxygens (including phenoxy) is 1. The molecule has 0 saturated carbocycles. The van der Waals surface area contributed by atoms with Gasteiger partial charge in [0.2, 0.25) is 5.91 Å². The van der Waals surface area contributed by atoms with Crippen LogP contribution in [-0.4, -0.2) is 47.4 Å². The molecule has 6 nitrogen and oxygen atoms in total. The molecule has 0 aliphatic heterocycles. The van der Waals surface area contributed by atoms with Crippen molar-refractivity contribution in [3.8, 4) is 0 Å². The van der Waals surface area contributed by atoms with Gasteiger partial charge in [-0.05, 0) is 64.2 Å². The first-order valence-electron chi connectivity index (χ1n) is 29.3. The third kappa shape index (κ3) is 51.5. The average molecular weight is 929 g/mol. The quantitative estimate of drug-likeness (QED) is 0.0321. The monoisotopic (exact) mass is 928 g/mol. The first-order chi connectivity index (χ1) is 32.5. The van der Waals surface area contributed by atoms with Gasteiger partial charge in [0.15, 0.2) is 0 Å². The van der Waals surface area contributed by atoms with E-state index in [2.05, 4.69) is 43.5 Å². The molecule has 6 heteroatoms. The Morgan fingerprint density at radius 1 is 0.424 bits per heavy atom. The molecule has 388 valence electrons. The second-order valence-electron chi connectivity index (χ2n) is 20.0. The topological polar surface area (TPSA) is 95.9 Å². The maximum Gasteiger partial charge on any atom is 0.305 e. The lowest BCUT2D eigenvalue weighted by molar-refractivity contribution is -0.143. The summed E-state index contributed by atoms with van der Waals surface area (Å²) in [6, 6.07) is -0.630. The second kappa shape index (κ2) is 55.7. The summed E-state index contributed by atoms with van der Waals surface area (Å²) in [5, 5.41) is 22.9. The third-order valence-electron chi connectivity index (χ3n) is 13.4. The van der Waals surface area contributed by atoms with Crippen LogP contribution in [0.5, 0.6) is 0 Å². The number of allylic oxidation sites excluding steroid dienone is 5. The fourth-order valence-electron chi connectivity index (χ4n) is 8.90. The number of aliphatic hydroxyl groups excluding tert-OH is 2. The largest absolute Gasteiger partial charge is 0.466 e. The first kappa shape index (κ1) is 64.1. The Morgan fingerprint density at radius 2 is 0.758 bits per heavy atom. The fraction of sp³-hybridized carbons (Fsp3) is 0.867. The van der Waals surface area contributed by atoms with Gasteiger partial charge >= 0.3 is 5.97 Å². The number of carbonyl (C=O) groups excluding carboxylic acids is 2. The van der Waals surface area contributed by atoms with Gasteiger partial charge in [-0.1, -0.05) is 269 Å². The molecule has 2 unspecified atom stereocenters. The highest BCUT2D eigenvalue weighted by Gasteiger charge is 2.18. The Hall–Kier alpha value is -1.92. The predicted octanol–water partition coefficient (Wildman–Crippen LogP) is 18.0. The summed E-state index contributed by atoms with van der Waals surface area (Å²) < 4.78 is 5.48. The van der Waals surface area contributed by atoms with E-state index in [0.717, 1.165) is 44.9 Å². The molecule has 0 saturated heterocycles. The Labute approximate surface area is 411 Å². The Bertz CT molecular complexity index is 1070. The van der Waals surface area contributed by atoms with Crippen LogP contribution in [0.25, 0.3) is 0 Å². The normalized spacial score (nSPS) is 12.8. The van der Waals surface area contributed by atoms with Crippen molar-refractivity contribution in [3.05, 3.63) is 36.5 Å². The highest BCUT2D eigenvalue weighted by Crippen LogP contribution is 2.16. The lowest BCUT2D eigenvalue weighted by atomic mass is 10.0. The zero-order valence-corrected chi connectivity index (χ0v) is 44.2. The number of unbranched alkanes of at least 4 members (excludes halogenated alkanes) is 39. The Morgan fingerprint density at radius 3 is 1.15 bits per heavy atom. The molecule has 0 spiro atoms. The Kier molecular flexibility index (Phi) is 54.1. The van der Waals surface area contributed by atoms with Crippen LogP contribution >= 0.6 is 0 Å². The summed E-state index contributed by atoms with van der Waals surface area (Å²) in [4.78, 5) is 24.4. The number of esters is 1. The van der Waals surface area contributed by atoms with Crippen molar-refractivity contribution in [1.29, 1.82) is 0 Å². The molecule has 0 fully saturated rings. The van der Waals surface area contributed by atoms with Crippen molar-refractivity contribution in [1.82, 2.24) is 5.32 Å². The van der Waals surface area contributed by atoms with Crippen molar-refractivity contribution in [2.75, 3.05) is 13.2 Å². The summed E-state index contributed by atoms with van der Waals surface area (Å²) in [6.07, 6.45) is 69.0. The van der Waals surface area contributed by atoms with Crippen LogP contribution < -0.4 is 5.32 Å². The molecule has 0 aliphatic rings. The average Bonchev–Trinajstić information content (AvgIpc) is 3.32. The zero-order chi connectivity index (χ0) is 47.9. The van der Waals surface area contributed by atoms with E-state index in [-0.39, 0.29) is 18.5 Å². The molecule has 2 atom stereocenters. The molecular weight excluding hydrogens is 815 g/mol. The number of hydrogen-bond acceptors (Lipinski definition) is 5. The van der Waals surface area contributed by atoms with Crippen molar-refractivity contribution < 1.29 is 24.5 Å². The number of carbonyl (C=O) groups is 2. The SMILES string of the molecule is CCCCCCCCC/C=C/C(O)C(CO)NC(=O)CCCCCCCCCCC/C=C\C/C=C\CCCCCCCCCCCOC(=O)CCCCCCCCCCCCCCCCC. The molecule has 0 aromatic heterocycles. The molecule has 0 radical (unpaired) electrons. The smallest absolute Gasteiger partial charge is 0.305 e. The summed E-state index contributed by atoms with van der Waals surface area (Å²) in [7, 11) is 0. The Balaban J connectivity index is 3.41. The molecular formula is C60H113NO5. The number of amides is 1. The lowest BCUT2D eigenvalue weighted by Crippen LogP contribution is -2.45. The second-order valence-corrected chi connectivity index (χ2v) is 20.0. The zero-order valence-electron chi connectivity index (χ0n) is 44.2. The van der Waals surface area contributed by atoms with E-state index in [9.17, 15) is 19.8 Å². The predicted molar refractivity (Wildman–Crippen MR) is 287 cm³/mol. The van der Waals surface area contributed by atoms with Crippen LogP contribution in [-0.2, 0) is 14.3 Å². The van der Waals surface area contributed by atoms with E-state index in [1.807, 2.05) is 6.08 Å². The maximum absolute atomic E-state index is 12.4. The molecule has 3 N–H and O–H groups in total. The number of aliphatic hydroxyl groups is 2. The van der Waals surface area contributed by atoms with Crippen LogP contribution in [0, 0.1) is 0 Å². The third-order valence-corrected chi connectivity index (χ3v) is 13.4. The summed E-state index contributed by atoms with van der Waals surface area (Å²) in [5.74, 6) is -0.0658. The van der Waals surface area contributed by atoms with Crippen LogP contribution in [0.2, 0.25) is 0 Å². The maximum atomic E-state index is 12.4. The van der Waals surface area contributed by atoms with E-state index >= 15 is 0 Å². The molecule has 66 heavy (non-hydrogen) atoms. The van der Waals surface area contributed by atoms with Gasteiger partial charge in [-0.3, -0.25) is 9.59 Å². The van der Waals surface area contributed by atoms with Gasteiger partial charge in [0.25, 0.3) is 0 Å². The van der Waals surface area contributed by atoms with Crippen LogP contribution in [0.15, 0.2) is 36.5 Å². The van der Waals surface area contributed by atoms with Crippen molar-refractivity contribution in [2.45, 2.75) is 321 Å². The van der Waals surface area contributed by atoms with Gasteiger partial charge in [0.05, 0.1) is 25.4 Å². The summed E-state index contributed by atoms with van der Waals surface area (Å²) in [6.45, 7) is 4.88. The molecule has 0 aromatic rings. The molecule has 0 aromatic carbocycles. The van der Waals surface area contributed by atoms with Crippen molar-refractivity contribution >= 4 is 11.9 Å². The highest BCUT2D eigenvalue weighted by molar-refractivity contribution is 5.76. The van der Waals surface area contributed by atoms with Crippen molar-refractivity contribution in [2.24, 2.45) is 0 Å². The number of hydrogen-bond donors (Lipinski definition) is 3. The van der Waals surface area contributed by atoms with Gasteiger partial charge in [-0.15, -0.1) is 0 Å². The van der Waals surface area contributed by atoms with Crippen LogP contribution in [0.3, 0.4) is 0 Å². The van der Waals surface area contributed by atoms with Gasteiger partial charge in [-0.2, -0.15) is 0 Å². The van der Waals surface area contributed by atoms with E-state index in [4.69, 9.17) is 4.74 Å². The van der Waals surface area contributed by atoms with Gasteiger partial charge in [-0.25, -0.2) is 0 Å². The van der Waals surface area contributed by atoms with E-state index in [1.165, 1.54) is 238 Å². The lowest BCUT2D eigenvalue weighted by Gasteiger charge is -2.20. The molecule has 0 aliphatic carbocycles.